The fourth-order valence-electron chi connectivity index (χ4n) is 2.89. The zero-order valence-corrected chi connectivity index (χ0v) is 18.4. The number of nitrogens with zero attached hydrogens (tertiary/aromatic N) is 3. The fourth-order valence-corrected chi connectivity index (χ4v) is 3.34. The molecule has 1 aromatic carbocycles. The highest BCUT2D eigenvalue weighted by Crippen LogP contribution is 2.30. The van der Waals surface area contributed by atoms with Crippen molar-refractivity contribution in [2.45, 2.75) is 34.1 Å². The predicted molar refractivity (Wildman–Crippen MR) is 116 cm³/mol. The lowest BCUT2D eigenvalue weighted by Crippen LogP contribution is -2.22. The number of halogens is 2. The second-order valence-electron chi connectivity index (χ2n) is 7.96. The minimum absolute atomic E-state index is 0.0204. The molecule has 2 aromatic heterocycles. The Balaban J connectivity index is 2.13. The molecule has 0 aliphatic rings. The minimum atomic E-state index is -0.476. The summed E-state index contributed by atoms with van der Waals surface area (Å²) in [5.74, 6) is 0.223. The van der Waals surface area contributed by atoms with Gasteiger partial charge in [-0.05, 0) is 30.0 Å². The lowest BCUT2D eigenvalue weighted by Gasteiger charge is -2.22. The standard InChI is InChI=1S/C21H24Cl2N4O2/c1-5-29-20(28)16-11-25-27-18(24-12-21(2,3)4)15(17(23)26-19(16)27)10-13-7-6-8-14(22)9-13/h6-9,11,24H,5,10,12H2,1-4H3. The maximum Gasteiger partial charge on any atom is 0.343 e. The molecule has 1 N–H and O–H groups in total. The Hall–Kier alpha value is -2.31. The van der Waals surface area contributed by atoms with E-state index >= 15 is 0 Å². The SMILES string of the molecule is CCOC(=O)c1cnn2c(NCC(C)(C)C)c(Cc3cccc(Cl)c3)c(Cl)nc12. The Morgan fingerprint density at radius 2 is 2.03 bits per heavy atom. The zero-order valence-electron chi connectivity index (χ0n) is 16.9. The molecule has 0 unspecified atom stereocenters. The van der Waals surface area contributed by atoms with Gasteiger partial charge in [-0.3, -0.25) is 0 Å². The smallest absolute Gasteiger partial charge is 0.343 e. The summed E-state index contributed by atoms with van der Waals surface area (Å²) in [6.07, 6.45) is 1.98. The lowest BCUT2D eigenvalue weighted by atomic mass is 9.97. The molecule has 29 heavy (non-hydrogen) atoms. The average Bonchev–Trinajstić information content (AvgIpc) is 3.04. The second kappa shape index (κ2) is 8.59. The van der Waals surface area contributed by atoms with E-state index < -0.39 is 5.97 Å². The third-order valence-electron chi connectivity index (χ3n) is 4.25. The average molecular weight is 435 g/mol. The summed E-state index contributed by atoms with van der Waals surface area (Å²) in [5, 5.41) is 8.80. The molecular formula is C21H24Cl2N4O2. The van der Waals surface area contributed by atoms with Gasteiger partial charge in [-0.25, -0.2) is 9.78 Å². The number of carbonyl (C=O) groups is 1. The van der Waals surface area contributed by atoms with Gasteiger partial charge in [0.25, 0.3) is 0 Å². The summed E-state index contributed by atoms with van der Waals surface area (Å²) in [5.41, 5.74) is 2.44. The first-order valence-corrected chi connectivity index (χ1v) is 10.2. The number of ether oxygens (including phenoxy) is 1. The molecule has 0 aliphatic heterocycles. The van der Waals surface area contributed by atoms with Crippen LogP contribution in [0.4, 0.5) is 5.82 Å². The van der Waals surface area contributed by atoms with Crippen LogP contribution in [-0.2, 0) is 11.2 Å². The molecule has 0 aliphatic carbocycles. The second-order valence-corrected chi connectivity index (χ2v) is 8.76. The van der Waals surface area contributed by atoms with Crippen molar-refractivity contribution < 1.29 is 9.53 Å². The van der Waals surface area contributed by atoms with Crippen LogP contribution in [0, 0.1) is 5.41 Å². The van der Waals surface area contributed by atoms with Crippen molar-refractivity contribution in [1.82, 2.24) is 14.6 Å². The van der Waals surface area contributed by atoms with Gasteiger partial charge < -0.3 is 10.1 Å². The molecule has 0 saturated heterocycles. The van der Waals surface area contributed by atoms with Crippen LogP contribution >= 0.6 is 23.2 Å². The van der Waals surface area contributed by atoms with E-state index in [1.165, 1.54) is 6.20 Å². The first kappa shape index (κ1) is 21.4. The molecular weight excluding hydrogens is 411 g/mol. The molecule has 0 bridgehead atoms. The maximum absolute atomic E-state index is 12.3. The van der Waals surface area contributed by atoms with E-state index in [1.54, 1.807) is 11.4 Å². The zero-order chi connectivity index (χ0) is 21.2. The first-order chi connectivity index (χ1) is 13.7. The number of esters is 1. The molecule has 2 heterocycles. The van der Waals surface area contributed by atoms with E-state index in [-0.39, 0.29) is 17.6 Å². The van der Waals surface area contributed by atoms with Gasteiger partial charge in [-0.15, -0.1) is 0 Å². The highest BCUT2D eigenvalue weighted by Gasteiger charge is 2.23. The summed E-state index contributed by atoms with van der Waals surface area (Å²) in [6.45, 7) is 9.09. The van der Waals surface area contributed by atoms with Gasteiger partial charge in [0.1, 0.15) is 16.5 Å². The number of hydrogen-bond donors (Lipinski definition) is 1. The third-order valence-corrected chi connectivity index (χ3v) is 4.79. The van der Waals surface area contributed by atoms with Crippen LogP contribution in [-0.4, -0.2) is 33.7 Å². The number of benzene rings is 1. The number of anilines is 1. The quantitative estimate of drug-likeness (QED) is 0.423. The largest absolute Gasteiger partial charge is 0.462 e. The lowest BCUT2D eigenvalue weighted by molar-refractivity contribution is 0.0528. The van der Waals surface area contributed by atoms with Gasteiger partial charge in [-0.2, -0.15) is 9.61 Å². The van der Waals surface area contributed by atoms with E-state index in [0.717, 1.165) is 11.1 Å². The van der Waals surface area contributed by atoms with E-state index in [4.69, 9.17) is 27.9 Å². The number of fused-ring (bicyclic) bond motifs is 1. The monoisotopic (exact) mass is 434 g/mol. The molecule has 0 spiro atoms. The van der Waals surface area contributed by atoms with Gasteiger partial charge in [0.05, 0.1) is 12.8 Å². The van der Waals surface area contributed by atoms with E-state index in [0.29, 0.717) is 34.6 Å². The van der Waals surface area contributed by atoms with Crippen molar-refractivity contribution in [2.24, 2.45) is 5.41 Å². The molecule has 3 rings (SSSR count). The van der Waals surface area contributed by atoms with E-state index in [1.807, 2.05) is 24.3 Å². The van der Waals surface area contributed by atoms with Gasteiger partial charge in [0.2, 0.25) is 0 Å². The topological polar surface area (TPSA) is 68.5 Å². The third kappa shape index (κ3) is 5.00. The van der Waals surface area contributed by atoms with Crippen molar-refractivity contribution in [3.8, 4) is 0 Å². The number of hydrogen-bond acceptors (Lipinski definition) is 5. The van der Waals surface area contributed by atoms with Crippen LogP contribution in [0.5, 0.6) is 0 Å². The summed E-state index contributed by atoms with van der Waals surface area (Å²) in [7, 11) is 0. The van der Waals surface area contributed by atoms with Crippen molar-refractivity contribution in [3.05, 3.63) is 57.3 Å². The van der Waals surface area contributed by atoms with Crippen molar-refractivity contribution in [2.75, 3.05) is 18.5 Å². The molecule has 6 nitrogen and oxygen atoms in total. The summed E-state index contributed by atoms with van der Waals surface area (Å²) >= 11 is 12.7. The predicted octanol–water partition coefficient (Wildman–Crippen LogP) is 5.26. The number of aromatic nitrogens is 3. The molecule has 0 amide bonds. The number of nitrogens with one attached hydrogen (secondary N) is 1. The van der Waals surface area contributed by atoms with Crippen LogP contribution in [0.25, 0.3) is 5.65 Å². The Kier molecular flexibility index (Phi) is 6.34. The van der Waals surface area contributed by atoms with Crippen molar-refractivity contribution in [3.63, 3.8) is 0 Å². The van der Waals surface area contributed by atoms with Crippen LogP contribution in [0.1, 0.15) is 49.2 Å². The minimum Gasteiger partial charge on any atom is -0.462 e. The van der Waals surface area contributed by atoms with Crippen LogP contribution in [0.2, 0.25) is 10.2 Å². The normalized spacial score (nSPS) is 11.7. The summed E-state index contributed by atoms with van der Waals surface area (Å²) in [6, 6.07) is 7.59. The highest BCUT2D eigenvalue weighted by atomic mass is 35.5. The fraction of sp³-hybridized carbons (Fsp3) is 0.381. The molecule has 8 heteroatoms. The van der Waals surface area contributed by atoms with Gasteiger partial charge >= 0.3 is 5.97 Å². The van der Waals surface area contributed by atoms with Crippen molar-refractivity contribution >= 4 is 40.6 Å². The first-order valence-electron chi connectivity index (χ1n) is 9.41. The Bertz CT molecular complexity index is 1040. The molecule has 0 saturated carbocycles. The number of carbonyl (C=O) groups excluding carboxylic acids is 1. The summed E-state index contributed by atoms with van der Waals surface area (Å²) < 4.78 is 6.73. The molecule has 3 aromatic rings. The van der Waals surface area contributed by atoms with Crippen LogP contribution in [0.3, 0.4) is 0 Å². The van der Waals surface area contributed by atoms with E-state index in [9.17, 15) is 4.79 Å². The maximum atomic E-state index is 12.3. The molecule has 154 valence electrons. The van der Waals surface area contributed by atoms with Gasteiger partial charge in [0.15, 0.2) is 5.65 Å². The Morgan fingerprint density at radius 1 is 1.28 bits per heavy atom. The van der Waals surface area contributed by atoms with Crippen molar-refractivity contribution in [1.29, 1.82) is 0 Å². The highest BCUT2D eigenvalue weighted by molar-refractivity contribution is 6.31. The van der Waals surface area contributed by atoms with Crippen LogP contribution < -0.4 is 5.32 Å². The Morgan fingerprint density at radius 3 is 2.69 bits per heavy atom. The molecule has 0 radical (unpaired) electrons. The number of rotatable bonds is 6. The van der Waals surface area contributed by atoms with Gasteiger partial charge in [-0.1, -0.05) is 56.1 Å². The van der Waals surface area contributed by atoms with Crippen LogP contribution in [0.15, 0.2) is 30.5 Å². The molecule has 0 atom stereocenters. The Labute approximate surface area is 180 Å². The van der Waals surface area contributed by atoms with E-state index in [2.05, 4.69) is 36.2 Å². The molecule has 0 fully saturated rings. The van der Waals surface area contributed by atoms with Gasteiger partial charge in [0, 0.05) is 23.6 Å². The summed E-state index contributed by atoms with van der Waals surface area (Å²) in [4.78, 5) is 16.7.